The van der Waals surface area contributed by atoms with Crippen molar-refractivity contribution in [2.75, 3.05) is 13.1 Å². The molecule has 2 unspecified atom stereocenters. The summed E-state index contributed by atoms with van der Waals surface area (Å²) in [7, 11) is 0. The van der Waals surface area contributed by atoms with E-state index in [1.807, 2.05) is 6.92 Å². The summed E-state index contributed by atoms with van der Waals surface area (Å²) in [6, 6.07) is -0.139. The molecule has 1 aliphatic rings. The van der Waals surface area contributed by atoms with Gasteiger partial charge in [0.25, 0.3) is 0 Å². The highest BCUT2D eigenvalue weighted by atomic mass is 16.4. The van der Waals surface area contributed by atoms with E-state index < -0.39 is 11.9 Å². The minimum atomic E-state index is -0.830. The summed E-state index contributed by atoms with van der Waals surface area (Å²) in [5.41, 5.74) is 0. The number of rotatable bonds is 6. The van der Waals surface area contributed by atoms with Crippen LogP contribution >= 0.6 is 0 Å². The molecule has 0 aromatic heterocycles. The maximum atomic E-state index is 11.8. The number of carboxylic acids is 1. The number of carbonyl (C=O) groups excluding carboxylic acids is 1. The second kappa shape index (κ2) is 7.27. The molecule has 0 spiro atoms. The van der Waals surface area contributed by atoms with Gasteiger partial charge < -0.3 is 15.7 Å². The second-order valence-electron chi connectivity index (χ2n) is 4.57. The van der Waals surface area contributed by atoms with E-state index in [9.17, 15) is 9.59 Å². The first-order valence-electron chi connectivity index (χ1n) is 6.39. The van der Waals surface area contributed by atoms with Gasteiger partial charge in [-0.25, -0.2) is 0 Å². The summed E-state index contributed by atoms with van der Waals surface area (Å²) in [5.74, 6) is -1.36. The molecular weight excluding hydrogens is 220 g/mol. The minimum Gasteiger partial charge on any atom is -0.481 e. The van der Waals surface area contributed by atoms with Crippen LogP contribution in [-0.2, 0) is 9.59 Å². The van der Waals surface area contributed by atoms with Crippen molar-refractivity contribution in [1.82, 2.24) is 10.6 Å². The van der Waals surface area contributed by atoms with Crippen LogP contribution in [0.1, 0.15) is 39.0 Å². The van der Waals surface area contributed by atoms with Gasteiger partial charge in [0.1, 0.15) is 0 Å². The molecule has 1 amide bonds. The molecule has 5 heteroatoms. The highest BCUT2D eigenvalue weighted by Crippen LogP contribution is 2.08. The van der Waals surface area contributed by atoms with E-state index in [0.717, 1.165) is 32.2 Å². The molecular formula is C12H22N2O3. The fourth-order valence-corrected chi connectivity index (χ4v) is 2.08. The Kier molecular flexibility index (Phi) is 5.97. The molecule has 0 bridgehead atoms. The van der Waals surface area contributed by atoms with Crippen LogP contribution in [0, 0.1) is 5.92 Å². The van der Waals surface area contributed by atoms with Gasteiger partial charge in [-0.15, -0.1) is 0 Å². The van der Waals surface area contributed by atoms with Gasteiger partial charge in [-0.3, -0.25) is 9.59 Å². The monoisotopic (exact) mass is 242 g/mol. The number of hydrogen-bond acceptors (Lipinski definition) is 3. The Morgan fingerprint density at radius 1 is 1.47 bits per heavy atom. The van der Waals surface area contributed by atoms with Gasteiger partial charge in [-0.05, 0) is 25.8 Å². The van der Waals surface area contributed by atoms with Crippen LogP contribution < -0.4 is 10.6 Å². The Bertz CT molecular complexity index is 262. The van der Waals surface area contributed by atoms with Gasteiger partial charge >= 0.3 is 5.97 Å². The van der Waals surface area contributed by atoms with Crippen molar-refractivity contribution in [2.24, 2.45) is 5.92 Å². The van der Waals surface area contributed by atoms with E-state index in [2.05, 4.69) is 10.6 Å². The molecule has 1 fully saturated rings. The molecule has 2 atom stereocenters. The molecule has 0 aliphatic carbocycles. The average Bonchev–Trinajstić information content (AvgIpc) is 2.34. The number of hydrogen-bond donors (Lipinski definition) is 3. The SMILES string of the molecule is CCCC(CNC(=O)C1CCCCN1)C(=O)O. The van der Waals surface area contributed by atoms with Gasteiger partial charge in [0.2, 0.25) is 5.91 Å². The van der Waals surface area contributed by atoms with E-state index >= 15 is 0 Å². The molecule has 1 saturated heterocycles. The first-order valence-corrected chi connectivity index (χ1v) is 6.39. The van der Waals surface area contributed by atoms with Crippen molar-refractivity contribution in [2.45, 2.75) is 45.1 Å². The Morgan fingerprint density at radius 2 is 2.24 bits per heavy atom. The van der Waals surface area contributed by atoms with Gasteiger partial charge in [0.05, 0.1) is 12.0 Å². The maximum absolute atomic E-state index is 11.8. The van der Waals surface area contributed by atoms with Crippen LogP contribution in [0.2, 0.25) is 0 Å². The topological polar surface area (TPSA) is 78.4 Å². The van der Waals surface area contributed by atoms with Crippen LogP contribution in [0.3, 0.4) is 0 Å². The third kappa shape index (κ3) is 4.73. The zero-order valence-electron chi connectivity index (χ0n) is 10.4. The summed E-state index contributed by atoms with van der Waals surface area (Å²) in [4.78, 5) is 22.7. The number of piperidine rings is 1. The number of nitrogens with one attached hydrogen (secondary N) is 2. The molecule has 0 aromatic carbocycles. The highest BCUT2D eigenvalue weighted by molar-refractivity contribution is 5.82. The minimum absolute atomic E-state index is 0.0629. The molecule has 1 aliphatic heterocycles. The summed E-state index contributed by atoms with van der Waals surface area (Å²) < 4.78 is 0. The molecule has 1 rings (SSSR count). The molecule has 0 saturated carbocycles. The maximum Gasteiger partial charge on any atom is 0.308 e. The number of aliphatic carboxylic acids is 1. The zero-order chi connectivity index (χ0) is 12.7. The lowest BCUT2D eigenvalue weighted by Crippen LogP contribution is -2.48. The summed E-state index contributed by atoms with van der Waals surface area (Å²) in [6.45, 7) is 3.05. The molecule has 1 heterocycles. The number of carboxylic acid groups (broad SMARTS) is 1. The molecule has 17 heavy (non-hydrogen) atoms. The lowest BCUT2D eigenvalue weighted by atomic mass is 10.0. The van der Waals surface area contributed by atoms with E-state index in [1.54, 1.807) is 0 Å². The predicted molar refractivity (Wildman–Crippen MR) is 64.7 cm³/mol. The Labute approximate surface area is 102 Å². The van der Waals surface area contributed by atoms with Gasteiger partial charge in [0.15, 0.2) is 0 Å². The molecule has 98 valence electrons. The first kappa shape index (κ1) is 14.0. The number of carbonyl (C=O) groups is 2. The average molecular weight is 242 g/mol. The van der Waals surface area contributed by atoms with E-state index in [0.29, 0.717) is 6.42 Å². The van der Waals surface area contributed by atoms with E-state index in [1.165, 1.54) is 0 Å². The van der Waals surface area contributed by atoms with Crippen molar-refractivity contribution < 1.29 is 14.7 Å². The Hall–Kier alpha value is -1.10. The van der Waals surface area contributed by atoms with Crippen LogP contribution in [0.4, 0.5) is 0 Å². The zero-order valence-corrected chi connectivity index (χ0v) is 10.4. The fraction of sp³-hybridized carbons (Fsp3) is 0.833. The van der Waals surface area contributed by atoms with Gasteiger partial charge in [0, 0.05) is 6.54 Å². The highest BCUT2D eigenvalue weighted by Gasteiger charge is 2.22. The summed E-state index contributed by atoms with van der Waals surface area (Å²) in [5, 5.41) is 14.8. The summed E-state index contributed by atoms with van der Waals surface area (Å²) >= 11 is 0. The quantitative estimate of drug-likeness (QED) is 0.642. The fourth-order valence-electron chi connectivity index (χ4n) is 2.08. The molecule has 3 N–H and O–H groups in total. The predicted octanol–water partition coefficient (Wildman–Crippen LogP) is 0.746. The van der Waals surface area contributed by atoms with Crippen LogP contribution in [-0.4, -0.2) is 36.1 Å². The molecule has 0 radical (unpaired) electrons. The van der Waals surface area contributed by atoms with E-state index in [4.69, 9.17) is 5.11 Å². The smallest absolute Gasteiger partial charge is 0.308 e. The van der Waals surface area contributed by atoms with Crippen molar-refractivity contribution >= 4 is 11.9 Å². The van der Waals surface area contributed by atoms with Crippen LogP contribution in [0.5, 0.6) is 0 Å². The second-order valence-corrected chi connectivity index (χ2v) is 4.57. The Balaban J connectivity index is 2.32. The van der Waals surface area contributed by atoms with Crippen molar-refractivity contribution in [1.29, 1.82) is 0 Å². The van der Waals surface area contributed by atoms with Crippen LogP contribution in [0.15, 0.2) is 0 Å². The normalized spacial score (nSPS) is 21.8. The molecule has 5 nitrogen and oxygen atoms in total. The largest absolute Gasteiger partial charge is 0.481 e. The van der Waals surface area contributed by atoms with Crippen molar-refractivity contribution in [3.63, 3.8) is 0 Å². The summed E-state index contributed by atoms with van der Waals surface area (Å²) in [6.07, 6.45) is 4.43. The standard InChI is InChI=1S/C12H22N2O3/c1-2-5-9(12(16)17)8-14-11(15)10-6-3-4-7-13-10/h9-10,13H,2-8H2,1H3,(H,14,15)(H,16,17). The molecule has 0 aromatic rings. The Morgan fingerprint density at radius 3 is 2.76 bits per heavy atom. The van der Waals surface area contributed by atoms with E-state index in [-0.39, 0.29) is 18.5 Å². The van der Waals surface area contributed by atoms with Crippen molar-refractivity contribution in [3.8, 4) is 0 Å². The van der Waals surface area contributed by atoms with Gasteiger partial charge in [-0.2, -0.15) is 0 Å². The first-order chi connectivity index (χ1) is 8.15. The third-order valence-electron chi connectivity index (χ3n) is 3.14. The third-order valence-corrected chi connectivity index (χ3v) is 3.14. The number of amides is 1. The van der Waals surface area contributed by atoms with Crippen molar-refractivity contribution in [3.05, 3.63) is 0 Å². The van der Waals surface area contributed by atoms with Crippen LogP contribution in [0.25, 0.3) is 0 Å². The lowest BCUT2D eigenvalue weighted by Gasteiger charge is -2.23. The van der Waals surface area contributed by atoms with Gasteiger partial charge in [-0.1, -0.05) is 19.8 Å². The lowest BCUT2D eigenvalue weighted by molar-refractivity contribution is -0.142.